The average molecular weight is 362 g/mol. The van der Waals surface area contributed by atoms with Crippen LogP contribution in [0.2, 0.25) is 0 Å². The summed E-state index contributed by atoms with van der Waals surface area (Å²) < 4.78 is 26.3. The molecule has 2 heterocycles. The van der Waals surface area contributed by atoms with Gasteiger partial charge in [0, 0.05) is 31.6 Å². The predicted molar refractivity (Wildman–Crippen MR) is 96.4 cm³/mol. The van der Waals surface area contributed by atoms with Gasteiger partial charge in [0.2, 0.25) is 15.9 Å². The molecule has 1 aromatic heterocycles. The van der Waals surface area contributed by atoms with Crippen molar-refractivity contribution in [3.8, 4) is 11.3 Å². The van der Waals surface area contributed by atoms with Gasteiger partial charge in [-0.3, -0.25) is 9.48 Å². The molecular weight excluding hydrogens is 340 g/mol. The molecule has 134 valence electrons. The van der Waals surface area contributed by atoms with Gasteiger partial charge in [-0.15, -0.1) is 0 Å². The third-order valence-corrected chi connectivity index (χ3v) is 5.84. The van der Waals surface area contributed by atoms with E-state index in [9.17, 15) is 13.2 Å². The maximum atomic E-state index is 12.6. The van der Waals surface area contributed by atoms with Crippen LogP contribution in [0.1, 0.15) is 12.8 Å². The second-order valence-electron chi connectivity index (χ2n) is 6.32. The Balaban J connectivity index is 1.71. The summed E-state index contributed by atoms with van der Waals surface area (Å²) in [6.07, 6.45) is 3.90. The number of carbonyl (C=O) groups is 1. The highest BCUT2D eigenvalue weighted by Crippen LogP contribution is 2.28. The quantitative estimate of drug-likeness (QED) is 0.897. The van der Waals surface area contributed by atoms with Gasteiger partial charge in [-0.2, -0.15) is 5.10 Å². The van der Waals surface area contributed by atoms with E-state index in [1.807, 2.05) is 37.4 Å². The average Bonchev–Trinajstić information content (AvgIpc) is 2.95. The van der Waals surface area contributed by atoms with E-state index in [0.717, 1.165) is 11.3 Å². The number of hydrogen-bond acceptors (Lipinski definition) is 4. The molecule has 1 aromatic carbocycles. The minimum absolute atomic E-state index is 0.0849. The number of carbonyl (C=O) groups excluding carboxylic acids is 1. The molecule has 0 saturated carbocycles. The molecule has 8 heteroatoms. The molecule has 1 N–H and O–H groups in total. The molecule has 25 heavy (non-hydrogen) atoms. The third kappa shape index (κ3) is 3.91. The fraction of sp³-hybridized carbons (Fsp3) is 0.412. The van der Waals surface area contributed by atoms with Crippen LogP contribution in [-0.4, -0.2) is 47.8 Å². The van der Waals surface area contributed by atoms with Gasteiger partial charge in [0.25, 0.3) is 0 Å². The highest BCUT2D eigenvalue weighted by Gasteiger charge is 2.29. The lowest BCUT2D eigenvalue weighted by atomic mass is 9.97. The highest BCUT2D eigenvalue weighted by molar-refractivity contribution is 7.88. The number of aryl methyl sites for hydroxylation is 1. The summed E-state index contributed by atoms with van der Waals surface area (Å²) >= 11 is 0. The van der Waals surface area contributed by atoms with Crippen LogP contribution < -0.4 is 5.32 Å². The minimum Gasteiger partial charge on any atom is -0.323 e. The summed E-state index contributed by atoms with van der Waals surface area (Å²) in [4.78, 5) is 12.6. The molecule has 0 unspecified atom stereocenters. The number of nitrogens with zero attached hydrogens (tertiary/aromatic N) is 3. The van der Waals surface area contributed by atoms with Gasteiger partial charge in [-0.25, -0.2) is 12.7 Å². The van der Waals surface area contributed by atoms with E-state index in [1.54, 1.807) is 10.9 Å². The summed E-state index contributed by atoms with van der Waals surface area (Å²) in [5, 5.41) is 7.21. The Labute approximate surface area is 147 Å². The second kappa shape index (κ2) is 6.97. The maximum Gasteiger partial charge on any atom is 0.227 e. The van der Waals surface area contributed by atoms with Crippen LogP contribution in [0.5, 0.6) is 0 Å². The first-order valence-electron chi connectivity index (χ1n) is 8.19. The van der Waals surface area contributed by atoms with Crippen LogP contribution in [0.4, 0.5) is 5.69 Å². The number of nitrogens with one attached hydrogen (secondary N) is 1. The lowest BCUT2D eigenvalue weighted by Crippen LogP contribution is -2.40. The van der Waals surface area contributed by atoms with Gasteiger partial charge in [-0.05, 0) is 12.8 Å². The van der Waals surface area contributed by atoms with E-state index in [2.05, 4.69) is 10.4 Å². The van der Waals surface area contributed by atoms with Gasteiger partial charge in [0.15, 0.2) is 0 Å². The van der Waals surface area contributed by atoms with Crippen LogP contribution in [0.25, 0.3) is 11.3 Å². The van der Waals surface area contributed by atoms with E-state index < -0.39 is 10.0 Å². The molecule has 2 aromatic rings. The highest BCUT2D eigenvalue weighted by atomic mass is 32.2. The van der Waals surface area contributed by atoms with Crippen molar-refractivity contribution >= 4 is 21.6 Å². The molecule has 1 saturated heterocycles. The zero-order valence-corrected chi connectivity index (χ0v) is 15.2. The Morgan fingerprint density at radius 1 is 1.20 bits per heavy atom. The molecule has 1 aliphatic rings. The van der Waals surface area contributed by atoms with Crippen LogP contribution >= 0.6 is 0 Å². The zero-order chi connectivity index (χ0) is 18.0. The number of sulfonamides is 1. The summed E-state index contributed by atoms with van der Waals surface area (Å²) in [6, 6.07) is 9.76. The summed E-state index contributed by atoms with van der Waals surface area (Å²) in [5.41, 5.74) is 2.50. The first-order chi connectivity index (χ1) is 11.9. The van der Waals surface area contributed by atoms with Gasteiger partial charge in [0.05, 0.1) is 23.8 Å². The lowest BCUT2D eigenvalue weighted by molar-refractivity contribution is -0.120. The summed E-state index contributed by atoms with van der Waals surface area (Å²) in [6.45, 7) is 0.769. The molecule has 1 fully saturated rings. The first kappa shape index (κ1) is 17.6. The van der Waals surface area contributed by atoms with E-state index >= 15 is 0 Å². The van der Waals surface area contributed by atoms with E-state index in [4.69, 9.17) is 0 Å². The fourth-order valence-electron chi connectivity index (χ4n) is 3.15. The van der Waals surface area contributed by atoms with Crippen LogP contribution in [0.15, 0.2) is 36.5 Å². The van der Waals surface area contributed by atoms with Crippen molar-refractivity contribution in [1.29, 1.82) is 0 Å². The van der Waals surface area contributed by atoms with Crippen molar-refractivity contribution in [3.05, 3.63) is 36.5 Å². The summed E-state index contributed by atoms with van der Waals surface area (Å²) in [7, 11) is -1.35. The minimum atomic E-state index is -3.19. The van der Waals surface area contributed by atoms with Crippen LogP contribution in [-0.2, 0) is 21.9 Å². The Kier molecular flexibility index (Phi) is 4.91. The van der Waals surface area contributed by atoms with Gasteiger partial charge < -0.3 is 5.32 Å². The zero-order valence-electron chi connectivity index (χ0n) is 14.3. The molecule has 7 nitrogen and oxygen atoms in total. The number of benzene rings is 1. The number of aromatic nitrogens is 2. The Bertz CT molecular complexity index is 853. The second-order valence-corrected chi connectivity index (χ2v) is 8.30. The largest absolute Gasteiger partial charge is 0.323 e. The van der Waals surface area contributed by atoms with E-state index in [1.165, 1.54) is 10.6 Å². The predicted octanol–water partition coefficient (Wildman–Crippen LogP) is 1.70. The topological polar surface area (TPSA) is 84.3 Å². The molecule has 0 atom stereocenters. The number of rotatable bonds is 4. The lowest BCUT2D eigenvalue weighted by Gasteiger charge is -2.29. The van der Waals surface area contributed by atoms with Crippen molar-refractivity contribution in [3.63, 3.8) is 0 Å². The summed E-state index contributed by atoms with van der Waals surface area (Å²) in [5.74, 6) is -0.278. The number of piperidine rings is 1. The van der Waals surface area contributed by atoms with Gasteiger partial charge in [-0.1, -0.05) is 30.3 Å². The fourth-order valence-corrected chi connectivity index (χ4v) is 4.03. The SMILES string of the molecule is Cn1ncc(NC(=O)C2CCN(S(C)(=O)=O)CC2)c1-c1ccccc1. The molecule has 0 aliphatic carbocycles. The van der Waals surface area contributed by atoms with Crippen molar-refractivity contribution in [2.24, 2.45) is 13.0 Å². The molecule has 1 aliphatic heterocycles. The van der Waals surface area contributed by atoms with Crippen LogP contribution in [0, 0.1) is 5.92 Å². The van der Waals surface area contributed by atoms with Crippen molar-refractivity contribution in [1.82, 2.24) is 14.1 Å². The Morgan fingerprint density at radius 3 is 2.44 bits per heavy atom. The number of hydrogen-bond donors (Lipinski definition) is 1. The van der Waals surface area contributed by atoms with E-state index in [-0.39, 0.29) is 11.8 Å². The molecular formula is C17H22N4O3S. The van der Waals surface area contributed by atoms with Gasteiger partial charge in [0.1, 0.15) is 0 Å². The molecule has 0 radical (unpaired) electrons. The van der Waals surface area contributed by atoms with E-state index in [0.29, 0.717) is 31.6 Å². The normalized spacial score (nSPS) is 16.7. The smallest absolute Gasteiger partial charge is 0.227 e. The Morgan fingerprint density at radius 2 is 1.84 bits per heavy atom. The third-order valence-electron chi connectivity index (χ3n) is 4.54. The molecule has 3 rings (SSSR count). The number of amides is 1. The number of anilines is 1. The maximum absolute atomic E-state index is 12.6. The monoisotopic (exact) mass is 362 g/mol. The molecule has 0 bridgehead atoms. The van der Waals surface area contributed by atoms with Gasteiger partial charge >= 0.3 is 0 Å². The standard InChI is InChI=1S/C17H22N4O3S/c1-20-16(13-6-4-3-5-7-13)15(12-18-20)19-17(22)14-8-10-21(11-9-14)25(2,23)24/h3-7,12,14H,8-11H2,1-2H3,(H,19,22). The van der Waals surface area contributed by atoms with Crippen LogP contribution in [0.3, 0.4) is 0 Å². The van der Waals surface area contributed by atoms with Crippen molar-refractivity contribution in [2.75, 3.05) is 24.7 Å². The molecule has 1 amide bonds. The Hall–Kier alpha value is -2.19. The molecule has 0 spiro atoms. The first-order valence-corrected chi connectivity index (χ1v) is 10.0. The van der Waals surface area contributed by atoms with Crippen molar-refractivity contribution < 1.29 is 13.2 Å². The van der Waals surface area contributed by atoms with Crippen molar-refractivity contribution in [2.45, 2.75) is 12.8 Å².